The van der Waals surface area contributed by atoms with E-state index >= 15 is 0 Å². The van der Waals surface area contributed by atoms with Gasteiger partial charge in [0.1, 0.15) is 0 Å². The van der Waals surface area contributed by atoms with E-state index in [4.69, 9.17) is 11.6 Å². The molecule has 0 bridgehead atoms. The maximum absolute atomic E-state index is 12.2. The highest BCUT2D eigenvalue weighted by Gasteiger charge is 2.19. The first-order valence-corrected chi connectivity index (χ1v) is 10.1. The molecule has 0 spiro atoms. The summed E-state index contributed by atoms with van der Waals surface area (Å²) in [5.41, 5.74) is 1.19. The topological polar surface area (TPSA) is 35.6 Å². The van der Waals surface area contributed by atoms with Crippen molar-refractivity contribution in [3.63, 3.8) is 0 Å². The Morgan fingerprint density at radius 1 is 1.08 bits per heavy atom. The van der Waals surface area contributed by atoms with Gasteiger partial charge in [-0.2, -0.15) is 0 Å². The normalized spacial score (nSPS) is 20.3. The molecule has 1 saturated carbocycles. The number of benzene rings is 1. The molecule has 1 saturated heterocycles. The Bertz CT molecular complexity index is 550. The van der Waals surface area contributed by atoms with E-state index in [2.05, 4.69) is 21.2 Å². The van der Waals surface area contributed by atoms with Gasteiger partial charge in [-0.05, 0) is 31.0 Å². The number of carbonyl (C=O) groups excluding carboxylic acids is 1. The van der Waals surface area contributed by atoms with Crippen LogP contribution in [-0.4, -0.2) is 49.6 Å². The van der Waals surface area contributed by atoms with Crippen molar-refractivity contribution in [1.82, 2.24) is 10.2 Å². The van der Waals surface area contributed by atoms with E-state index in [-0.39, 0.29) is 5.91 Å². The third-order valence-corrected chi connectivity index (χ3v) is 5.66. The molecule has 4 nitrogen and oxygen atoms in total. The average Bonchev–Trinajstić information content (AvgIpc) is 2.89. The molecule has 1 aromatic carbocycles. The largest absolute Gasteiger partial charge is 0.369 e. The summed E-state index contributed by atoms with van der Waals surface area (Å²) in [6.45, 7) is 4.85. The molecule has 3 rings (SSSR count). The second-order valence-corrected chi connectivity index (χ2v) is 7.75. The lowest BCUT2D eigenvalue weighted by Gasteiger charge is -2.36. The minimum atomic E-state index is 0.226. The van der Waals surface area contributed by atoms with Crippen molar-refractivity contribution in [2.75, 3.05) is 37.6 Å². The zero-order valence-electron chi connectivity index (χ0n) is 15.1. The van der Waals surface area contributed by atoms with Crippen molar-refractivity contribution < 1.29 is 4.79 Å². The molecular weight excluding hydrogens is 334 g/mol. The smallest absolute Gasteiger partial charge is 0.221 e. The predicted molar refractivity (Wildman–Crippen MR) is 104 cm³/mol. The van der Waals surface area contributed by atoms with Crippen LogP contribution in [0.5, 0.6) is 0 Å². The number of hydrogen-bond donors (Lipinski definition) is 1. The number of nitrogens with one attached hydrogen (secondary N) is 1. The molecule has 2 fully saturated rings. The van der Waals surface area contributed by atoms with Gasteiger partial charge in [0.25, 0.3) is 0 Å². The van der Waals surface area contributed by atoms with Crippen molar-refractivity contribution in [2.24, 2.45) is 0 Å². The van der Waals surface area contributed by atoms with Crippen LogP contribution >= 0.6 is 11.6 Å². The first-order chi connectivity index (χ1) is 12.2. The van der Waals surface area contributed by atoms with Crippen molar-refractivity contribution in [3.8, 4) is 0 Å². The lowest BCUT2D eigenvalue weighted by Crippen LogP contribution is -2.47. The maximum atomic E-state index is 12.2. The molecule has 1 amide bonds. The maximum Gasteiger partial charge on any atom is 0.221 e. The molecule has 1 N–H and O–H groups in total. The van der Waals surface area contributed by atoms with Crippen LogP contribution in [0.15, 0.2) is 24.3 Å². The first-order valence-electron chi connectivity index (χ1n) is 9.73. The van der Waals surface area contributed by atoms with Gasteiger partial charge in [-0.1, -0.05) is 43.4 Å². The van der Waals surface area contributed by atoms with Crippen LogP contribution in [0.1, 0.15) is 44.9 Å². The van der Waals surface area contributed by atoms with Gasteiger partial charge >= 0.3 is 0 Å². The summed E-state index contributed by atoms with van der Waals surface area (Å²) < 4.78 is 0. The van der Waals surface area contributed by atoms with Crippen LogP contribution in [0, 0.1) is 0 Å². The van der Waals surface area contributed by atoms with E-state index in [0.29, 0.717) is 12.5 Å². The number of hydrogen-bond acceptors (Lipinski definition) is 3. The third kappa shape index (κ3) is 5.89. The number of piperazine rings is 1. The Morgan fingerprint density at radius 3 is 2.48 bits per heavy atom. The van der Waals surface area contributed by atoms with Gasteiger partial charge in [-0.3, -0.25) is 9.69 Å². The van der Waals surface area contributed by atoms with Crippen LogP contribution in [0.4, 0.5) is 5.69 Å². The van der Waals surface area contributed by atoms with E-state index in [1.54, 1.807) is 0 Å². The standard InChI is InChI=1S/C20H30ClN3O/c21-17-6-5-9-19(16-17)24-14-12-23(13-15-24)11-10-20(25)22-18-7-3-1-2-4-8-18/h5-6,9,16,18H,1-4,7-8,10-15H2,(H,22,25). The Kier molecular flexibility index (Phi) is 7.00. The third-order valence-electron chi connectivity index (χ3n) is 5.42. The van der Waals surface area contributed by atoms with Gasteiger partial charge in [-0.25, -0.2) is 0 Å². The van der Waals surface area contributed by atoms with Crippen LogP contribution in [0.25, 0.3) is 0 Å². The van der Waals surface area contributed by atoms with Crippen molar-refractivity contribution in [2.45, 2.75) is 51.0 Å². The fraction of sp³-hybridized carbons (Fsp3) is 0.650. The highest BCUT2D eigenvalue weighted by atomic mass is 35.5. The lowest BCUT2D eigenvalue weighted by atomic mass is 10.1. The summed E-state index contributed by atoms with van der Waals surface area (Å²) in [5.74, 6) is 0.226. The molecule has 2 aliphatic rings. The summed E-state index contributed by atoms with van der Waals surface area (Å²) in [6, 6.07) is 8.46. The molecule has 25 heavy (non-hydrogen) atoms. The van der Waals surface area contributed by atoms with Crippen molar-refractivity contribution >= 4 is 23.2 Å². The van der Waals surface area contributed by atoms with Crippen LogP contribution < -0.4 is 10.2 Å². The van der Waals surface area contributed by atoms with Gasteiger partial charge in [0.15, 0.2) is 0 Å². The van der Waals surface area contributed by atoms with E-state index in [1.165, 1.54) is 31.4 Å². The van der Waals surface area contributed by atoms with Crippen molar-refractivity contribution in [3.05, 3.63) is 29.3 Å². The molecule has 0 unspecified atom stereocenters. The van der Waals surface area contributed by atoms with Gasteiger partial charge in [-0.15, -0.1) is 0 Å². The molecule has 138 valence electrons. The van der Waals surface area contributed by atoms with E-state index in [1.807, 2.05) is 18.2 Å². The summed E-state index contributed by atoms with van der Waals surface area (Å²) in [7, 11) is 0. The molecule has 0 aromatic heterocycles. The second kappa shape index (κ2) is 9.44. The Balaban J connectivity index is 1.36. The SMILES string of the molecule is O=C(CCN1CCN(c2cccc(Cl)c2)CC1)NC1CCCCCC1. The highest BCUT2D eigenvalue weighted by molar-refractivity contribution is 6.30. The Labute approximate surface area is 156 Å². The second-order valence-electron chi connectivity index (χ2n) is 7.31. The van der Waals surface area contributed by atoms with Crippen LogP contribution in [-0.2, 0) is 4.79 Å². The molecule has 1 aliphatic carbocycles. The van der Waals surface area contributed by atoms with E-state index in [9.17, 15) is 4.79 Å². The first kappa shape index (κ1) is 18.5. The number of rotatable bonds is 5. The highest BCUT2D eigenvalue weighted by Crippen LogP contribution is 2.21. The van der Waals surface area contributed by atoms with Gasteiger partial charge < -0.3 is 10.2 Å². The molecule has 5 heteroatoms. The van der Waals surface area contributed by atoms with E-state index < -0.39 is 0 Å². The fourth-order valence-electron chi connectivity index (χ4n) is 3.89. The number of nitrogens with zero attached hydrogens (tertiary/aromatic N) is 2. The lowest BCUT2D eigenvalue weighted by molar-refractivity contribution is -0.122. The minimum absolute atomic E-state index is 0.226. The van der Waals surface area contributed by atoms with Crippen LogP contribution in [0.3, 0.4) is 0 Å². The molecule has 1 aliphatic heterocycles. The van der Waals surface area contributed by atoms with Gasteiger partial charge in [0.05, 0.1) is 0 Å². The Hall–Kier alpha value is -1.26. The zero-order valence-corrected chi connectivity index (χ0v) is 15.8. The number of amides is 1. The van der Waals surface area contributed by atoms with Crippen LogP contribution in [0.2, 0.25) is 5.02 Å². The molecular formula is C20H30ClN3O. The van der Waals surface area contributed by atoms with Gasteiger partial charge in [0, 0.05) is 55.9 Å². The number of carbonyl (C=O) groups is 1. The quantitative estimate of drug-likeness (QED) is 0.810. The summed E-state index contributed by atoms with van der Waals surface area (Å²) in [6.07, 6.45) is 8.10. The van der Waals surface area contributed by atoms with Gasteiger partial charge in [0.2, 0.25) is 5.91 Å². The molecule has 1 aromatic rings. The zero-order chi connectivity index (χ0) is 17.5. The fourth-order valence-corrected chi connectivity index (χ4v) is 4.07. The molecule has 0 radical (unpaired) electrons. The van der Waals surface area contributed by atoms with E-state index in [0.717, 1.165) is 50.6 Å². The summed E-state index contributed by atoms with van der Waals surface area (Å²) in [5, 5.41) is 4.04. The molecule has 1 heterocycles. The van der Waals surface area contributed by atoms with Crippen molar-refractivity contribution in [1.29, 1.82) is 0 Å². The summed E-state index contributed by atoms with van der Waals surface area (Å²) >= 11 is 6.09. The number of anilines is 1. The predicted octanol–water partition coefficient (Wildman–Crippen LogP) is 3.69. The Morgan fingerprint density at radius 2 is 1.80 bits per heavy atom. The average molecular weight is 364 g/mol. The molecule has 0 atom stereocenters. The summed E-state index contributed by atoms with van der Waals surface area (Å²) in [4.78, 5) is 17.0. The number of halogens is 1. The minimum Gasteiger partial charge on any atom is -0.369 e. The monoisotopic (exact) mass is 363 g/mol.